The number of para-hydroxylation sites is 1. The van der Waals surface area contributed by atoms with Gasteiger partial charge in [0.1, 0.15) is 5.75 Å². The van der Waals surface area contributed by atoms with E-state index in [2.05, 4.69) is 52.0 Å². The van der Waals surface area contributed by atoms with E-state index in [1.54, 1.807) is 18.2 Å². The third-order valence-electron chi connectivity index (χ3n) is 7.44. The van der Waals surface area contributed by atoms with Crippen LogP contribution in [0, 0.1) is 15.5 Å². The Balaban J connectivity index is 1.66. The smallest absolute Gasteiger partial charge is 0.274 e. The molecule has 0 aliphatic heterocycles. The molecule has 2 rings (SSSR count). The van der Waals surface area contributed by atoms with Crippen LogP contribution in [-0.2, 0) is 11.0 Å². The topological polar surface area (TPSA) is 61.6 Å². The first kappa shape index (κ1) is 34.0. The van der Waals surface area contributed by atoms with Gasteiger partial charge in [-0.05, 0) is 41.3 Å². The minimum atomic E-state index is -1.80. The highest BCUT2D eigenvalue weighted by molar-refractivity contribution is 6.67. The average molecular weight is 570 g/mol. The highest BCUT2D eigenvalue weighted by Gasteiger charge is 2.24. The minimum absolute atomic E-state index is 0.114. The fourth-order valence-electron chi connectivity index (χ4n) is 5.10. The van der Waals surface area contributed by atoms with Gasteiger partial charge in [-0.3, -0.25) is 10.1 Å². The van der Waals surface area contributed by atoms with Crippen LogP contribution in [-0.4, -0.2) is 20.6 Å². The lowest BCUT2D eigenvalue weighted by Gasteiger charge is -2.25. The Labute approximate surface area is 245 Å². The maximum Gasteiger partial charge on any atom is 0.274 e. The number of hydrogen-bond donors (Lipinski definition) is 0. The molecule has 1 unspecified atom stereocenters. The number of nitro benzene ring substituents is 1. The Morgan fingerprint density at radius 1 is 0.750 bits per heavy atom. The molecule has 0 N–H and O–H groups in total. The van der Waals surface area contributed by atoms with E-state index in [4.69, 9.17) is 9.16 Å². The summed E-state index contributed by atoms with van der Waals surface area (Å²) in [6.07, 6.45) is 19.0. The summed E-state index contributed by atoms with van der Waals surface area (Å²) in [6, 6.07) is 16.2. The van der Waals surface area contributed by atoms with Crippen molar-refractivity contribution in [2.24, 2.45) is 5.41 Å². The molecular formula is C34H55NO4Si. The van der Waals surface area contributed by atoms with E-state index in [0.717, 1.165) is 24.8 Å². The third kappa shape index (κ3) is 15.0. The van der Waals surface area contributed by atoms with Crippen molar-refractivity contribution in [3.8, 4) is 5.75 Å². The molecule has 5 nitrogen and oxygen atoms in total. The maximum atomic E-state index is 11.4. The lowest BCUT2D eigenvalue weighted by atomic mass is 10.0. The van der Waals surface area contributed by atoms with Crippen molar-refractivity contribution in [3.63, 3.8) is 0 Å². The van der Waals surface area contributed by atoms with Gasteiger partial charge in [0.25, 0.3) is 5.69 Å². The van der Waals surface area contributed by atoms with Crippen molar-refractivity contribution in [1.82, 2.24) is 0 Å². The van der Waals surface area contributed by atoms with Gasteiger partial charge in [-0.15, -0.1) is 0 Å². The summed E-state index contributed by atoms with van der Waals surface area (Å²) in [5.41, 5.74) is 0.869. The average Bonchev–Trinajstić information content (AvgIpc) is 2.93. The Morgan fingerprint density at radius 3 is 1.80 bits per heavy atom. The van der Waals surface area contributed by atoms with Gasteiger partial charge in [0.05, 0.1) is 23.7 Å². The van der Waals surface area contributed by atoms with Crippen LogP contribution in [0.3, 0.4) is 0 Å². The molecule has 0 saturated heterocycles. The van der Waals surface area contributed by atoms with E-state index in [9.17, 15) is 10.1 Å². The van der Waals surface area contributed by atoms with Gasteiger partial charge in [-0.2, -0.15) is 0 Å². The second-order valence-corrected chi connectivity index (χ2v) is 14.8. The summed E-state index contributed by atoms with van der Waals surface area (Å²) in [4.78, 5) is 11.1. The fourth-order valence-corrected chi connectivity index (χ4v) is 7.76. The summed E-state index contributed by atoms with van der Waals surface area (Å²) in [6.45, 7) is 9.96. The molecule has 0 radical (unpaired) electrons. The van der Waals surface area contributed by atoms with Crippen molar-refractivity contribution in [2.45, 2.75) is 130 Å². The van der Waals surface area contributed by atoms with E-state index < -0.39 is 9.04 Å². The fraction of sp³-hybridized carbons (Fsp3) is 0.647. The van der Waals surface area contributed by atoms with Crippen molar-refractivity contribution < 1.29 is 14.1 Å². The van der Waals surface area contributed by atoms with Gasteiger partial charge in [-0.1, -0.05) is 135 Å². The zero-order chi connectivity index (χ0) is 29.1. The van der Waals surface area contributed by atoms with Gasteiger partial charge >= 0.3 is 0 Å². The van der Waals surface area contributed by atoms with Crippen LogP contribution in [0.2, 0.25) is 6.04 Å². The second-order valence-electron chi connectivity index (χ2n) is 12.5. The number of hydrogen-bond acceptors (Lipinski definition) is 4. The molecule has 6 heteroatoms. The monoisotopic (exact) mass is 569 g/mol. The molecule has 40 heavy (non-hydrogen) atoms. The molecular weight excluding hydrogens is 514 g/mol. The van der Waals surface area contributed by atoms with Crippen molar-refractivity contribution in [3.05, 3.63) is 64.2 Å². The molecule has 0 fully saturated rings. The number of ether oxygens (including phenoxy) is 1. The Kier molecular flexibility index (Phi) is 16.9. The van der Waals surface area contributed by atoms with E-state index in [-0.39, 0.29) is 22.6 Å². The normalized spacial score (nSPS) is 12.4. The lowest BCUT2D eigenvalue weighted by Crippen LogP contribution is -2.36. The highest BCUT2D eigenvalue weighted by atomic mass is 28.3. The number of rotatable bonds is 22. The molecule has 2 aromatic carbocycles. The predicted octanol–water partition coefficient (Wildman–Crippen LogP) is 9.65. The first-order valence-electron chi connectivity index (χ1n) is 15.9. The quantitative estimate of drug-likeness (QED) is 0.0613. The Hall–Kier alpha value is -2.18. The molecule has 0 saturated carbocycles. The van der Waals surface area contributed by atoms with Crippen molar-refractivity contribution in [1.29, 1.82) is 0 Å². The summed E-state index contributed by atoms with van der Waals surface area (Å²) in [5.74, 6) is 0.903. The van der Waals surface area contributed by atoms with Crippen LogP contribution < -0.4 is 9.92 Å². The van der Waals surface area contributed by atoms with Crippen LogP contribution in [0.15, 0.2) is 48.5 Å². The molecule has 0 spiro atoms. The molecule has 0 amide bonds. The van der Waals surface area contributed by atoms with Crippen LogP contribution in [0.5, 0.6) is 5.75 Å². The van der Waals surface area contributed by atoms with Crippen LogP contribution in [0.4, 0.5) is 5.69 Å². The maximum absolute atomic E-state index is 11.4. The van der Waals surface area contributed by atoms with Crippen LogP contribution >= 0.6 is 0 Å². The largest absolute Gasteiger partial charge is 0.494 e. The molecule has 224 valence electrons. The number of benzene rings is 2. The molecule has 0 heterocycles. The summed E-state index contributed by atoms with van der Waals surface area (Å²) in [5, 5.41) is 12.6. The summed E-state index contributed by atoms with van der Waals surface area (Å²) >= 11 is 0. The number of nitrogens with zero attached hydrogens (tertiary/aromatic N) is 1. The van der Waals surface area contributed by atoms with E-state index in [0.29, 0.717) is 5.56 Å². The third-order valence-corrected chi connectivity index (χ3v) is 10.7. The standard InChI is InChI=1S/C34H55NO4Si/c1-5-6-7-8-9-10-11-12-13-14-15-16-17-20-27-38-31-23-25-32(26-24-31)40(29-34(2,3)4)39-28-30-21-18-19-22-33(30)35(36)37/h18-19,21-26,40H,5-17,20,27-29H2,1-4H3. The predicted molar refractivity (Wildman–Crippen MR) is 171 cm³/mol. The van der Waals surface area contributed by atoms with Crippen LogP contribution in [0.25, 0.3) is 0 Å². The molecule has 2 aromatic rings. The molecule has 0 aliphatic carbocycles. The lowest BCUT2D eigenvalue weighted by molar-refractivity contribution is -0.385. The van der Waals surface area contributed by atoms with Gasteiger partial charge in [0.2, 0.25) is 9.04 Å². The zero-order valence-corrected chi connectivity index (χ0v) is 27.0. The van der Waals surface area contributed by atoms with Gasteiger partial charge in [0.15, 0.2) is 0 Å². The Morgan fingerprint density at radius 2 is 1.27 bits per heavy atom. The SMILES string of the molecule is CCCCCCCCCCCCCCCCOc1ccc([SiH](CC(C)(C)C)OCc2ccccc2[N+](=O)[O-])cc1. The van der Waals surface area contributed by atoms with Crippen LogP contribution in [0.1, 0.15) is 123 Å². The van der Waals surface area contributed by atoms with Gasteiger partial charge in [0, 0.05) is 6.07 Å². The summed E-state index contributed by atoms with van der Waals surface area (Å²) in [7, 11) is -1.80. The van der Waals surface area contributed by atoms with E-state index >= 15 is 0 Å². The van der Waals surface area contributed by atoms with Gasteiger partial charge < -0.3 is 9.16 Å². The van der Waals surface area contributed by atoms with E-state index in [1.165, 1.54) is 88.7 Å². The minimum Gasteiger partial charge on any atom is -0.494 e. The molecule has 1 atom stereocenters. The summed E-state index contributed by atoms with van der Waals surface area (Å²) < 4.78 is 12.4. The zero-order valence-electron chi connectivity index (χ0n) is 25.8. The first-order valence-corrected chi connectivity index (χ1v) is 17.7. The number of nitro groups is 1. The Bertz CT molecular complexity index is 942. The van der Waals surface area contributed by atoms with Gasteiger partial charge in [-0.25, -0.2) is 0 Å². The first-order chi connectivity index (χ1) is 19.3. The molecule has 0 bridgehead atoms. The van der Waals surface area contributed by atoms with Crippen molar-refractivity contribution >= 4 is 19.9 Å². The highest BCUT2D eigenvalue weighted by Crippen LogP contribution is 2.25. The van der Waals surface area contributed by atoms with Crippen molar-refractivity contribution in [2.75, 3.05) is 6.61 Å². The number of unbranched alkanes of at least 4 members (excludes halogenated alkanes) is 13. The molecule has 0 aliphatic rings. The van der Waals surface area contributed by atoms with E-state index in [1.807, 2.05) is 6.07 Å². The molecule has 0 aromatic heterocycles. The second kappa shape index (κ2) is 19.8.